The van der Waals surface area contributed by atoms with Crippen LogP contribution >= 0.6 is 12.2 Å². The molecule has 2 rings (SSSR count). The molecule has 1 heterocycles. The van der Waals surface area contributed by atoms with E-state index in [2.05, 4.69) is 10.2 Å². The van der Waals surface area contributed by atoms with Crippen molar-refractivity contribution in [1.82, 2.24) is 4.90 Å². The van der Waals surface area contributed by atoms with Crippen LogP contribution in [0.3, 0.4) is 0 Å². The van der Waals surface area contributed by atoms with Gasteiger partial charge in [-0.2, -0.15) is 5.11 Å². The van der Waals surface area contributed by atoms with Crippen LogP contribution in [0.15, 0.2) is 34.5 Å². The van der Waals surface area contributed by atoms with Crippen molar-refractivity contribution in [3.63, 3.8) is 0 Å². The van der Waals surface area contributed by atoms with Gasteiger partial charge in [-0.15, -0.1) is 5.11 Å². The molecule has 1 unspecified atom stereocenters. The van der Waals surface area contributed by atoms with Gasteiger partial charge in [-0.1, -0.05) is 12.1 Å². The number of hydrogen-bond donors (Lipinski definition) is 0. The minimum absolute atomic E-state index is 0.0943. The standard InChI is InChI=1S/C11H13N3OS/c1-3-15-9-6-4-8(5-7-9)10-12-13-11(16)14(10)2/h4-7,10H,3H2,1-2H3. The summed E-state index contributed by atoms with van der Waals surface area (Å²) in [5, 5.41) is 8.52. The molecule has 1 atom stereocenters. The zero-order chi connectivity index (χ0) is 11.5. The van der Waals surface area contributed by atoms with Crippen LogP contribution in [0.2, 0.25) is 0 Å². The van der Waals surface area contributed by atoms with Crippen molar-refractivity contribution in [2.45, 2.75) is 13.1 Å². The number of benzene rings is 1. The second kappa shape index (κ2) is 4.57. The molecule has 0 bridgehead atoms. The molecule has 0 saturated carbocycles. The van der Waals surface area contributed by atoms with Crippen molar-refractivity contribution < 1.29 is 4.74 Å². The summed E-state index contributed by atoms with van der Waals surface area (Å²) >= 11 is 5.03. The van der Waals surface area contributed by atoms with Crippen molar-refractivity contribution in [3.8, 4) is 5.75 Å². The van der Waals surface area contributed by atoms with Crippen molar-refractivity contribution in [2.75, 3.05) is 13.7 Å². The van der Waals surface area contributed by atoms with E-state index in [-0.39, 0.29) is 6.17 Å². The largest absolute Gasteiger partial charge is 0.494 e. The Morgan fingerprint density at radius 2 is 2.06 bits per heavy atom. The van der Waals surface area contributed by atoms with Crippen molar-refractivity contribution in [1.29, 1.82) is 0 Å². The van der Waals surface area contributed by atoms with E-state index >= 15 is 0 Å². The van der Waals surface area contributed by atoms with Crippen molar-refractivity contribution in [3.05, 3.63) is 29.8 Å². The molecule has 1 aromatic carbocycles. The monoisotopic (exact) mass is 235 g/mol. The number of nitrogens with zero attached hydrogens (tertiary/aromatic N) is 3. The summed E-state index contributed by atoms with van der Waals surface area (Å²) in [6.45, 7) is 2.64. The highest BCUT2D eigenvalue weighted by Crippen LogP contribution is 2.28. The number of hydrogen-bond acceptors (Lipinski definition) is 3. The fraction of sp³-hybridized carbons (Fsp3) is 0.364. The topological polar surface area (TPSA) is 37.2 Å². The maximum atomic E-state index is 5.38. The van der Waals surface area contributed by atoms with E-state index in [0.717, 1.165) is 11.3 Å². The van der Waals surface area contributed by atoms with E-state index in [0.29, 0.717) is 11.7 Å². The molecule has 1 aromatic rings. The number of azo groups is 1. The highest BCUT2D eigenvalue weighted by Gasteiger charge is 2.23. The lowest BCUT2D eigenvalue weighted by Crippen LogP contribution is -2.21. The highest BCUT2D eigenvalue weighted by atomic mass is 32.1. The van der Waals surface area contributed by atoms with Crippen LogP contribution in [0.5, 0.6) is 5.75 Å². The third kappa shape index (κ3) is 2.04. The minimum atomic E-state index is -0.0943. The van der Waals surface area contributed by atoms with Gasteiger partial charge >= 0.3 is 0 Å². The molecule has 1 aliphatic rings. The molecular weight excluding hydrogens is 222 g/mol. The van der Waals surface area contributed by atoms with Gasteiger partial charge in [-0.05, 0) is 36.8 Å². The Labute approximate surface area is 99.9 Å². The first-order valence-corrected chi connectivity index (χ1v) is 5.53. The summed E-state index contributed by atoms with van der Waals surface area (Å²) in [6, 6.07) is 7.84. The first-order chi connectivity index (χ1) is 7.72. The van der Waals surface area contributed by atoms with Gasteiger partial charge in [0.1, 0.15) is 5.75 Å². The molecule has 0 N–H and O–H groups in total. The molecular formula is C11H13N3OS. The van der Waals surface area contributed by atoms with Crippen LogP contribution in [-0.4, -0.2) is 23.7 Å². The predicted molar refractivity (Wildman–Crippen MR) is 65.6 cm³/mol. The van der Waals surface area contributed by atoms with Gasteiger partial charge in [0, 0.05) is 7.05 Å². The fourth-order valence-corrected chi connectivity index (χ4v) is 1.70. The van der Waals surface area contributed by atoms with Crippen molar-refractivity contribution >= 4 is 17.3 Å². The van der Waals surface area contributed by atoms with E-state index in [9.17, 15) is 0 Å². The third-order valence-corrected chi connectivity index (χ3v) is 2.78. The Morgan fingerprint density at radius 1 is 1.38 bits per heavy atom. The van der Waals surface area contributed by atoms with Gasteiger partial charge in [-0.25, -0.2) is 0 Å². The molecule has 0 saturated heterocycles. The second-order valence-corrected chi connectivity index (χ2v) is 3.85. The van der Waals surface area contributed by atoms with E-state index < -0.39 is 0 Å². The molecule has 0 spiro atoms. The summed E-state index contributed by atoms with van der Waals surface area (Å²) in [6.07, 6.45) is -0.0943. The molecule has 4 nitrogen and oxygen atoms in total. The normalized spacial score (nSPS) is 19.2. The smallest absolute Gasteiger partial charge is 0.217 e. The van der Waals surface area contributed by atoms with Gasteiger partial charge in [0.05, 0.1) is 6.61 Å². The van der Waals surface area contributed by atoms with Gasteiger partial charge in [0.15, 0.2) is 6.17 Å². The van der Waals surface area contributed by atoms with Crippen LogP contribution in [0.4, 0.5) is 0 Å². The summed E-state index contributed by atoms with van der Waals surface area (Å²) in [5.74, 6) is 0.867. The Balaban J connectivity index is 2.16. The van der Waals surface area contributed by atoms with Crippen LogP contribution in [0, 0.1) is 0 Å². The first-order valence-electron chi connectivity index (χ1n) is 5.12. The second-order valence-electron chi connectivity index (χ2n) is 3.48. The number of ether oxygens (including phenoxy) is 1. The van der Waals surface area contributed by atoms with E-state index in [1.807, 2.05) is 43.1 Å². The lowest BCUT2D eigenvalue weighted by Gasteiger charge is -2.17. The molecule has 0 aliphatic carbocycles. The van der Waals surface area contributed by atoms with E-state index in [1.54, 1.807) is 0 Å². The molecule has 0 radical (unpaired) electrons. The minimum Gasteiger partial charge on any atom is -0.494 e. The average molecular weight is 235 g/mol. The zero-order valence-electron chi connectivity index (χ0n) is 9.25. The molecule has 0 fully saturated rings. The maximum absolute atomic E-state index is 5.38. The lowest BCUT2D eigenvalue weighted by atomic mass is 10.1. The number of thiocarbonyl (C=S) groups is 1. The lowest BCUT2D eigenvalue weighted by molar-refractivity contribution is 0.339. The summed E-state index contributed by atoms with van der Waals surface area (Å²) in [7, 11) is 1.89. The Morgan fingerprint density at radius 3 is 2.56 bits per heavy atom. The summed E-state index contributed by atoms with van der Waals surface area (Å²) in [5.41, 5.74) is 1.06. The van der Waals surface area contributed by atoms with E-state index in [4.69, 9.17) is 17.0 Å². The molecule has 5 heteroatoms. The quantitative estimate of drug-likeness (QED) is 0.756. The third-order valence-electron chi connectivity index (χ3n) is 2.41. The van der Waals surface area contributed by atoms with Crippen LogP contribution in [0.25, 0.3) is 0 Å². The van der Waals surface area contributed by atoms with Crippen molar-refractivity contribution in [2.24, 2.45) is 10.2 Å². The van der Waals surface area contributed by atoms with Gasteiger partial charge in [-0.3, -0.25) is 0 Å². The number of rotatable bonds is 3. The van der Waals surface area contributed by atoms with Crippen LogP contribution < -0.4 is 4.74 Å². The average Bonchev–Trinajstić information content (AvgIpc) is 2.62. The first kappa shape index (κ1) is 11.0. The van der Waals surface area contributed by atoms with Crippen LogP contribution in [-0.2, 0) is 0 Å². The van der Waals surface area contributed by atoms with Gasteiger partial charge < -0.3 is 9.64 Å². The van der Waals surface area contributed by atoms with E-state index in [1.165, 1.54) is 0 Å². The van der Waals surface area contributed by atoms with Gasteiger partial charge in [0.25, 0.3) is 0 Å². The molecule has 16 heavy (non-hydrogen) atoms. The van der Waals surface area contributed by atoms with Gasteiger partial charge in [0.2, 0.25) is 5.11 Å². The Kier molecular flexibility index (Phi) is 3.14. The predicted octanol–water partition coefficient (Wildman–Crippen LogP) is 2.77. The van der Waals surface area contributed by atoms with Crippen LogP contribution in [0.1, 0.15) is 18.7 Å². The highest BCUT2D eigenvalue weighted by molar-refractivity contribution is 7.80. The summed E-state index contributed by atoms with van der Waals surface area (Å²) < 4.78 is 5.38. The molecule has 0 aromatic heterocycles. The molecule has 1 aliphatic heterocycles. The Bertz CT molecular complexity index is 416. The zero-order valence-corrected chi connectivity index (χ0v) is 10.1. The molecule has 0 amide bonds. The SMILES string of the molecule is CCOc1ccc(C2N=NC(=S)N2C)cc1. The Hall–Kier alpha value is -1.49. The fourth-order valence-electron chi connectivity index (χ4n) is 1.55. The maximum Gasteiger partial charge on any atom is 0.217 e. The summed E-state index contributed by atoms with van der Waals surface area (Å²) in [4.78, 5) is 1.87. The molecule has 84 valence electrons.